The maximum Gasteiger partial charge on any atom is 0.435 e. The van der Waals surface area contributed by atoms with Crippen LogP contribution in [0.1, 0.15) is 25.0 Å². The highest BCUT2D eigenvalue weighted by Crippen LogP contribution is 2.28. The van der Waals surface area contributed by atoms with E-state index in [-0.39, 0.29) is 5.71 Å². The van der Waals surface area contributed by atoms with Crippen LogP contribution in [0, 0.1) is 6.92 Å². The van der Waals surface area contributed by atoms with Gasteiger partial charge in [-0.25, -0.2) is 4.99 Å². The van der Waals surface area contributed by atoms with Crippen LogP contribution in [0.15, 0.2) is 34.4 Å². The topological polar surface area (TPSA) is 34.0 Å². The van der Waals surface area contributed by atoms with Crippen LogP contribution < -0.4 is 0 Å². The molecule has 3 nitrogen and oxygen atoms in total. The standard InChI is InChI=1S/C13H13F3N2O/c1-8-4-6-9(7-5-8)10-11(13(14,15)16)17-12(2,3)19-18-10/h4-7H,1-3H3. The van der Waals surface area contributed by atoms with Gasteiger partial charge in [-0.05, 0) is 20.8 Å². The minimum absolute atomic E-state index is 0.285. The van der Waals surface area contributed by atoms with Gasteiger partial charge in [0.05, 0.1) is 0 Å². The van der Waals surface area contributed by atoms with Crippen molar-refractivity contribution in [2.24, 2.45) is 10.1 Å². The monoisotopic (exact) mass is 270 g/mol. The summed E-state index contributed by atoms with van der Waals surface area (Å²) in [7, 11) is 0. The lowest BCUT2D eigenvalue weighted by molar-refractivity contribution is -0.0652. The van der Waals surface area contributed by atoms with E-state index in [4.69, 9.17) is 4.84 Å². The molecular weight excluding hydrogens is 257 g/mol. The Balaban J connectivity index is 2.48. The van der Waals surface area contributed by atoms with E-state index in [9.17, 15) is 13.2 Å². The lowest BCUT2D eigenvalue weighted by Gasteiger charge is -2.26. The van der Waals surface area contributed by atoms with E-state index in [1.807, 2.05) is 6.92 Å². The molecule has 1 aliphatic rings. The van der Waals surface area contributed by atoms with E-state index in [2.05, 4.69) is 10.1 Å². The number of rotatable bonds is 1. The largest absolute Gasteiger partial charge is 0.435 e. The fourth-order valence-electron chi connectivity index (χ4n) is 1.64. The van der Waals surface area contributed by atoms with Crippen LogP contribution in [0.25, 0.3) is 0 Å². The van der Waals surface area contributed by atoms with Gasteiger partial charge in [0.1, 0.15) is 5.71 Å². The van der Waals surface area contributed by atoms with Crippen LogP contribution in [0.3, 0.4) is 0 Å². The van der Waals surface area contributed by atoms with Crippen molar-refractivity contribution >= 4 is 11.4 Å². The molecule has 1 heterocycles. The summed E-state index contributed by atoms with van der Waals surface area (Å²) < 4.78 is 39.1. The van der Waals surface area contributed by atoms with E-state index in [0.717, 1.165) is 5.56 Å². The minimum atomic E-state index is -4.56. The summed E-state index contributed by atoms with van der Waals surface area (Å²) in [4.78, 5) is 8.59. The first kappa shape index (κ1) is 13.6. The Kier molecular flexibility index (Phi) is 3.12. The third-order valence-corrected chi connectivity index (χ3v) is 2.56. The molecule has 0 unspecified atom stereocenters. The van der Waals surface area contributed by atoms with Crippen LogP contribution in [-0.4, -0.2) is 23.3 Å². The van der Waals surface area contributed by atoms with Crippen LogP contribution in [-0.2, 0) is 4.84 Å². The van der Waals surface area contributed by atoms with Crippen LogP contribution in [0.4, 0.5) is 13.2 Å². The fraction of sp³-hybridized carbons (Fsp3) is 0.385. The number of halogens is 3. The molecule has 0 aromatic heterocycles. The lowest BCUT2D eigenvalue weighted by atomic mass is 10.0. The van der Waals surface area contributed by atoms with Crippen molar-refractivity contribution in [3.8, 4) is 0 Å². The Hall–Kier alpha value is -1.85. The van der Waals surface area contributed by atoms with E-state index >= 15 is 0 Å². The highest BCUT2D eigenvalue weighted by molar-refractivity contribution is 6.50. The maximum absolute atomic E-state index is 13.0. The van der Waals surface area contributed by atoms with Crippen molar-refractivity contribution in [2.45, 2.75) is 32.7 Å². The summed E-state index contributed by atoms with van der Waals surface area (Å²) in [6.45, 7) is 4.70. The third kappa shape index (κ3) is 2.94. The Bertz CT molecular complexity index is 542. The zero-order valence-electron chi connectivity index (χ0n) is 10.7. The molecule has 1 aliphatic heterocycles. The highest BCUT2D eigenvalue weighted by Gasteiger charge is 2.44. The van der Waals surface area contributed by atoms with Crippen molar-refractivity contribution in [2.75, 3.05) is 0 Å². The minimum Gasteiger partial charge on any atom is -0.365 e. The molecule has 0 bridgehead atoms. The van der Waals surface area contributed by atoms with Gasteiger partial charge >= 0.3 is 6.18 Å². The Labute approximate surface area is 108 Å². The SMILES string of the molecule is Cc1ccc(C2=NOC(C)(C)N=C2C(F)(F)F)cc1. The zero-order chi connectivity index (χ0) is 14.3. The van der Waals surface area contributed by atoms with E-state index in [1.165, 1.54) is 13.8 Å². The van der Waals surface area contributed by atoms with Crippen molar-refractivity contribution in [1.29, 1.82) is 0 Å². The van der Waals surface area contributed by atoms with Gasteiger partial charge in [0.2, 0.25) is 5.72 Å². The summed E-state index contributed by atoms with van der Waals surface area (Å²) in [6, 6.07) is 6.56. The first-order chi connectivity index (χ1) is 8.69. The fourth-order valence-corrected chi connectivity index (χ4v) is 1.64. The molecule has 0 N–H and O–H groups in total. The summed E-state index contributed by atoms with van der Waals surface area (Å²) in [6.07, 6.45) is -4.56. The van der Waals surface area contributed by atoms with Crippen LogP contribution in [0.5, 0.6) is 0 Å². The average molecular weight is 270 g/mol. The molecule has 0 saturated carbocycles. The van der Waals surface area contributed by atoms with E-state index < -0.39 is 17.6 Å². The van der Waals surface area contributed by atoms with Crippen molar-refractivity contribution in [1.82, 2.24) is 0 Å². The van der Waals surface area contributed by atoms with Gasteiger partial charge in [-0.3, -0.25) is 0 Å². The molecule has 0 saturated heterocycles. The summed E-state index contributed by atoms with van der Waals surface area (Å²) in [5, 5.41) is 3.60. The number of alkyl halides is 3. The molecule has 2 rings (SSSR count). The predicted octanol–water partition coefficient (Wildman–Crippen LogP) is 3.47. The second-order valence-corrected chi connectivity index (χ2v) is 4.80. The summed E-state index contributed by atoms with van der Waals surface area (Å²) >= 11 is 0. The van der Waals surface area contributed by atoms with Crippen molar-refractivity contribution in [3.05, 3.63) is 35.4 Å². The molecule has 102 valence electrons. The van der Waals surface area contributed by atoms with Gasteiger partial charge in [0.15, 0.2) is 5.71 Å². The Morgan fingerprint density at radius 2 is 1.68 bits per heavy atom. The summed E-state index contributed by atoms with van der Waals surface area (Å²) in [5.74, 6) is 0. The van der Waals surface area contributed by atoms with Crippen molar-refractivity contribution < 1.29 is 18.0 Å². The molecule has 0 radical (unpaired) electrons. The van der Waals surface area contributed by atoms with E-state index in [1.54, 1.807) is 24.3 Å². The second-order valence-electron chi connectivity index (χ2n) is 4.80. The number of benzene rings is 1. The number of aliphatic imine (C=N–C) groups is 1. The first-order valence-corrected chi connectivity index (χ1v) is 5.70. The van der Waals surface area contributed by atoms with Gasteiger partial charge in [-0.2, -0.15) is 13.2 Å². The van der Waals surface area contributed by atoms with Crippen molar-refractivity contribution in [3.63, 3.8) is 0 Å². The molecule has 0 aliphatic carbocycles. The third-order valence-electron chi connectivity index (χ3n) is 2.56. The second kappa shape index (κ2) is 4.36. The Morgan fingerprint density at radius 1 is 1.11 bits per heavy atom. The molecule has 19 heavy (non-hydrogen) atoms. The van der Waals surface area contributed by atoms with E-state index in [0.29, 0.717) is 5.56 Å². The Morgan fingerprint density at radius 3 is 2.21 bits per heavy atom. The summed E-state index contributed by atoms with van der Waals surface area (Å²) in [5.41, 5.74) is -1.32. The number of aryl methyl sites for hydroxylation is 1. The quantitative estimate of drug-likeness (QED) is 0.769. The smallest absolute Gasteiger partial charge is 0.365 e. The molecule has 1 aromatic carbocycles. The van der Waals surface area contributed by atoms with Gasteiger partial charge in [-0.15, -0.1) is 0 Å². The molecule has 6 heteroatoms. The van der Waals surface area contributed by atoms with Gasteiger partial charge in [-0.1, -0.05) is 35.0 Å². The zero-order valence-corrected chi connectivity index (χ0v) is 10.7. The first-order valence-electron chi connectivity index (χ1n) is 5.70. The highest BCUT2D eigenvalue weighted by atomic mass is 19.4. The molecule has 0 atom stereocenters. The molecule has 0 fully saturated rings. The number of hydrogen-bond donors (Lipinski definition) is 0. The lowest BCUT2D eigenvalue weighted by Crippen LogP contribution is -2.39. The average Bonchev–Trinajstić information content (AvgIpc) is 2.28. The molecule has 0 spiro atoms. The maximum atomic E-state index is 13.0. The molecule has 0 amide bonds. The van der Waals surface area contributed by atoms with Gasteiger partial charge in [0, 0.05) is 5.56 Å². The number of hydrogen-bond acceptors (Lipinski definition) is 3. The number of nitrogens with zero attached hydrogens (tertiary/aromatic N) is 2. The predicted molar refractivity (Wildman–Crippen MR) is 66.4 cm³/mol. The molecular formula is C13H13F3N2O. The van der Waals surface area contributed by atoms with Crippen LogP contribution in [0.2, 0.25) is 0 Å². The van der Waals surface area contributed by atoms with Gasteiger partial charge < -0.3 is 4.84 Å². The normalized spacial score (nSPS) is 18.4. The number of oxime groups is 1. The molecule has 1 aromatic rings. The van der Waals surface area contributed by atoms with Gasteiger partial charge in [0.25, 0.3) is 0 Å². The van der Waals surface area contributed by atoms with Crippen LogP contribution >= 0.6 is 0 Å².